The molecule has 0 aromatic heterocycles. The molecule has 170 valence electrons. The van der Waals surface area contributed by atoms with Crippen LogP contribution in [0.25, 0.3) is 0 Å². The van der Waals surface area contributed by atoms with E-state index in [1.165, 1.54) is 44.5 Å². The summed E-state index contributed by atoms with van der Waals surface area (Å²) in [6.07, 6.45) is 9.25. The van der Waals surface area contributed by atoms with Gasteiger partial charge in [-0.2, -0.15) is 0 Å². The first-order valence-corrected chi connectivity index (χ1v) is 10.6. The van der Waals surface area contributed by atoms with Crippen LogP contribution in [0, 0.1) is 5.92 Å². The van der Waals surface area contributed by atoms with Gasteiger partial charge in [-0.1, -0.05) is 36.8 Å². The van der Waals surface area contributed by atoms with Crippen molar-refractivity contribution in [1.82, 2.24) is 4.90 Å². The molecule has 1 aromatic rings. The molecule has 2 aliphatic carbocycles. The molecular weight excluding hydrogens is 414 g/mol. The van der Waals surface area contributed by atoms with E-state index in [9.17, 15) is 19.2 Å². The molecule has 0 saturated heterocycles. The number of ketones is 1. The highest BCUT2D eigenvalue weighted by atomic mass is 16.7. The molecule has 8 nitrogen and oxygen atoms in total. The van der Waals surface area contributed by atoms with Gasteiger partial charge in [0.05, 0.1) is 11.5 Å². The van der Waals surface area contributed by atoms with Crippen LogP contribution >= 0.6 is 0 Å². The third kappa shape index (κ3) is 5.07. The summed E-state index contributed by atoms with van der Waals surface area (Å²) in [5.41, 5.74) is -1.92. The zero-order valence-corrected chi connectivity index (χ0v) is 18.2. The third-order valence-corrected chi connectivity index (χ3v) is 5.53. The van der Waals surface area contributed by atoms with Crippen molar-refractivity contribution in [1.29, 1.82) is 0 Å². The number of Topliss-reactive ketones (excluding diaryl/α,β-unsaturated/α-hetero) is 1. The number of amides is 1. The Bertz CT molecular complexity index is 930. The van der Waals surface area contributed by atoms with E-state index < -0.39 is 29.6 Å². The summed E-state index contributed by atoms with van der Waals surface area (Å²) in [5.74, 6) is -1.77. The summed E-state index contributed by atoms with van der Waals surface area (Å²) in [7, 11) is 2.94. The SMILES string of the molecule is CN(C)C(=O)OC1(C(=O)c2ccccc2OC(=O)OC2CCCCC2)C=CC=CC1C=O. The average molecular weight is 441 g/mol. The number of hydrogen-bond acceptors (Lipinski definition) is 7. The molecule has 1 aromatic carbocycles. The first-order valence-electron chi connectivity index (χ1n) is 10.6. The van der Waals surface area contributed by atoms with Crippen molar-refractivity contribution in [3.63, 3.8) is 0 Å². The van der Waals surface area contributed by atoms with Gasteiger partial charge in [0.1, 0.15) is 18.1 Å². The molecule has 2 aliphatic rings. The maximum Gasteiger partial charge on any atom is 0.514 e. The van der Waals surface area contributed by atoms with E-state index in [0.717, 1.165) is 37.0 Å². The molecule has 1 amide bonds. The lowest BCUT2D eigenvalue weighted by Gasteiger charge is -2.35. The van der Waals surface area contributed by atoms with Crippen molar-refractivity contribution >= 4 is 24.3 Å². The number of ether oxygens (including phenoxy) is 3. The minimum Gasteiger partial charge on any atom is -0.431 e. The number of para-hydroxylation sites is 1. The van der Waals surface area contributed by atoms with Crippen LogP contribution in [0.3, 0.4) is 0 Å². The Morgan fingerprint density at radius 2 is 1.78 bits per heavy atom. The zero-order chi connectivity index (χ0) is 23.1. The lowest BCUT2D eigenvalue weighted by molar-refractivity contribution is -0.114. The predicted molar refractivity (Wildman–Crippen MR) is 115 cm³/mol. The van der Waals surface area contributed by atoms with Gasteiger partial charge in [0.25, 0.3) is 0 Å². The Kier molecular flexibility index (Phi) is 7.45. The van der Waals surface area contributed by atoms with Crippen LogP contribution in [0.5, 0.6) is 5.75 Å². The maximum absolute atomic E-state index is 13.7. The Hall–Kier alpha value is -3.42. The number of nitrogens with zero attached hydrogens (tertiary/aromatic N) is 1. The second-order valence-electron chi connectivity index (χ2n) is 8.02. The number of hydrogen-bond donors (Lipinski definition) is 0. The van der Waals surface area contributed by atoms with E-state index in [4.69, 9.17) is 14.2 Å². The summed E-state index contributed by atoms with van der Waals surface area (Å²) in [4.78, 5) is 51.4. The van der Waals surface area contributed by atoms with Gasteiger partial charge in [0.2, 0.25) is 11.4 Å². The van der Waals surface area contributed by atoms with Crippen LogP contribution in [0.4, 0.5) is 9.59 Å². The van der Waals surface area contributed by atoms with Gasteiger partial charge in [-0.3, -0.25) is 4.79 Å². The zero-order valence-electron chi connectivity index (χ0n) is 18.2. The summed E-state index contributed by atoms with van der Waals surface area (Å²) in [6.45, 7) is 0. The van der Waals surface area contributed by atoms with Gasteiger partial charge in [-0.15, -0.1) is 0 Å². The number of benzene rings is 1. The molecule has 0 radical (unpaired) electrons. The molecule has 0 aliphatic heterocycles. The highest BCUT2D eigenvalue weighted by molar-refractivity contribution is 6.09. The lowest BCUT2D eigenvalue weighted by Crippen LogP contribution is -2.50. The molecule has 0 heterocycles. The highest BCUT2D eigenvalue weighted by Crippen LogP contribution is 2.35. The summed E-state index contributed by atoms with van der Waals surface area (Å²) in [6, 6.07) is 6.10. The molecular formula is C24H27NO7. The molecule has 8 heteroatoms. The smallest absolute Gasteiger partial charge is 0.431 e. The molecule has 0 N–H and O–H groups in total. The van der Waals surface area contributed by atoms with Gasteiger partial charge >= 0.3 is 12.2 Å². The third-order valence-electron chi connectivity index (χ3n) is 5.53. The van der Waals surface area contributed by atoms with Crippen LogP contribution in [0.15, 0.2) is 48.6 Å². The van der Waals surface area contributed by atoms with Gasteiger partial charge in [0, 0.05) is 14.1 Å². The van der Waals surface area contributed by atoms with Crippen molar-refractivity contribution in [2.24, 2.45) is 5.92 Å². The molecule has 2 atom stereocenters. The van der Waals surface area contributed by atoms with E-state index in [-0.39, 0.29) is 17.4 Å². The Morgan fingerprint density at radius 1 is 1.06 bits per heavy atom. The Morgan fingerprint density at radius 3 is 2.47 bits per heavy atom. The normalized spacial score (nSPS) is 22.6. The maximum atomic E-state index is 13.7. The lowest BCUT2D eigenvalue weighted by atomic mass is 9.78. The van der Waals surface area contributed by atoms with Crippen molar-refractivity contribution < 1.29 is 33.4 Å². The quantitative estimate of drug-likeness (QED) is 0.284. The first-order chi connectivity index (χ1) is 15.4. The van der Waals surface area contributed by atoms with E-state index >= 15 is 0 Å². The van der Waals surface area contributed by atoms with E-state index in [2.05, 4.69) is 0 Å². The molecule has 3 rings (SSSR count). The highest BCUT2D eigenvalue weighted by Gasteiger charge is 2.49. The van der Waals surface area contributed by atoms with Gasteiger partial charge in [0.15, 0.2) is 0 Å². The van der Waals surface area contributed by atoms with Crippen molar-refractivity contribution in [3.05, 3.63) is 54.1 Å². The second kappa shape index (κ2) is 10.3. The first kappa shape index (κ1) is 23.2. The fraction of sp³-hybridized carbons (Fsp3) is 0.417. The molecule has 32 heavy (non-hydrogen) atoms. The largest absolute Gasteiger partial charge is 0.514 e. The van der Waals surface area contributed by atoms with Crippen LogP contribution in [-0.4, -0.2) is 55.0 Å². The van der Waals surface area contributed by atoms with E-state index in [1.807, 2.05) is 0 Å². The van der Waals surface area contributed by atoms with E-state index in [0.29, 0.717) is 6.29 Å². The van der Waals surface area contributed by atoms with Crippen molar-refractivity contribution in [2.75, 3.05) is 14.1 Å². The molecule has 1 saturated carbocycles. The Balaban J connectivity index is 1.89. The average Bonchev–Trinajstić information content (AvgIpc) is 2.79. The fourth-order valence-corrected chi connectivity index (χ4v) is 3.78. The number of carbonyl (C=O) groups is 4. The Labute approximate surface area is 186 Å². The number of allylic oxidation sites excluding steroid dienone is 2. The van der Waals surface area contributed by atoms with Crippen LogP contribution in [0.2, 0.25) is 0 Å². The summed E-state index contributed by atoms with van der Waals surface area (Å²) < 4.78 is 16.3. The van der Waals surface area contributed by atoms with Crippen LogP contribution in [0.1, 0.15) is 42.5 Å². The second-order valence-corrected chi connectivity index (χ2v) is 8.02. The van der Waals surface area contributed by atoms with Crippen LogP contribution < -0.4 is 4.74 Å². The van der Waals surface area contributed by atoms with Crippen molar-refractivity contribution in [3.8, 4) is 5.75 Å². The minimum absolute atomic E-state index is 0.00792. The van der Waals surface area contributed by atoms with Gasteiger partial charge < -0.3 is 23.9 Å². The monoisotopic (exact) mass is 441 g/mol. The molecule has 2 unspecified atom stereocenters. The van der Waals surface area contributed by atoms with E-state index in [1.54, 1.807) is 18.2 Å². The molecule has 1 fully saturated rings. The number of aldehydes is 1. The molecule has 0 spiro atoms. The predicted octanol–water partition coefficient (Wildman–Crippen LogP) is 4.10. The minimum atomic E-state index is -1.91. The molecule has 0 bridgehead atoms. The number of rotatable bonds is 6. The fourth-order valence-electron chi connectivity index (χ4n) is 3.78. The van der Waals surface area contributed by atoms with Gasteiger partial charge in [-0.25, -0.2) is 9.59 Å². The van der Waals surface area contributed by atoms with Crippen LogP contribution in [-0.2, 0) is 14.3 Å². The summed E-state index contributed by atoms with van der Waals surface area (Å²) in [5, 5.41) is 0. The summed E-state index contributed by atoms with van der Waals surface area (Å²) >= 11 is 0. The number of carbonyl (C=O) groups excluding carboxylic acids is 4. The van der Waals surface area contributed by atoms with Crippen molar-refractivity contribution in [2.45, 2.75) is 43.8 Å². The topological polar surface area (TPSA) is 99.2 Å². The van der Waals surface area contributed by atoms with Gasteiger partial charge in [-0.05, 0) is 43.9 Å². The standard InChI is InChI=1S/C24H27NO7/c1-25(2)22(28)32-24(15-9-8-10-17(24)16-26)21(27)19-13-6-7-14-20(19)31-23(29)30-18-11-4-3-5-12-18/h6-10,13-18H,3-5,11-12H2,1-2H3.